The van der Waals surface area contributed by atoms with Crippen LogP contribution in [0.3, 0.4) is 0 Å². The van der Waals surface area contributed by atoms with Gasteiger partial charge in [-0.2, -0.15) is 0 Å². The van der Waals surface area contributed by atoms with Crippen LogP contribution in [0.4, 0.5) is 14.9 Å². The zero-order chi connectivity index (χ0) is 18.6. The van der Waals surface area contributed by atoms with Gasteiger partial charge in [-0.05, 0) is 42.3 Å². The lowest BCUT2D eigenvalue weighted by Gasteiger charge is -2.19. The molecule has 3 amide bonds. The van der Waals surface area contributed by atoms with E-state index < -0.39 is 0 Å². The Morgan fingerprint density at radius 3 is 2.44 bits per heavy atom. The van der Waals surface area contributed by atoms with Gasteiger partial charge >= 0.3 is 6.03 Å². The Balaban J connectivity index is 2.11. The summed E-state index contributed by atoms with van der Waals surface area (Å²) in [5.74, 6) is -0.472. The second kappa shape index (κ2) is 7.79. The van der Waals surface area contributed by atoms with Crippen molar-refractivity contribution < 1.29 is 14.0 Å². The molecule has 0 atom stereocenters. The summed E-state index contributed by atoms with van der Waals surface area (Å²) in [5.41, 5.74) is 2.62. The van der Waals surface area contributed by atoms with E-state index in [4.69, 9.17) is 0 Å². The summed E-state index contributed by atoms with van der Waals surface area (Å²) in [6.07, 6.45) is 0. The van der Waals surface area contributed by atoms with Gasteiger partial charge < -0.3 is 15.1 Å². The molecule has 132 valence electrons. The average molecular weight is 343 g/mol. The summed E-state index contributed by atoms with van der Waals surface area (Å²) in [4.78, 5) is 27.4. The summed E-state index contributed by atoms with van der Waals surface area (Å²) in [6.45, 7) is 2.13. The monoisotopic (exact) mass is 343 g/mol. The van der Waals surface area contributed by atoms with E-state index >= 15 is 0 Å². The lowest BCUT2D eigenvalue weighted by atomic mass is 10.1. The highest BCUT2D eigenvalue weighted by atomic mass is 19.1. The Hall–Kier alpha value is -2.89. The van der Waals surface area contributed by atoms with E-state index in [1.54, 1.807) is 51.5 Å². The van der Waals surface area contributed by atoms with E-state index in [0.29, 0.717) is 16.8 Å². The van der Waals surface area contributed by atoms with Gasteiger partial charge in [-0.1, -0.05) is 18.2 Å². The van der Waals surface area contributed by atoms with Gasteiger partial charge in [0, 0.05) is 38.9 Å². The zero-order valence-corrected chi connectivity index (χ0v) is 14.8. The van der Waals surface area contributed by atoms with Crippen molar-refractivity contribution in [2.75, 3.05) is 26.5 Å². The number of urea groups is 1. The van der Waals surface area contributed by atoms with Crippen LogP contribution in [0.5, 0.6) is 0 Å². The first-order valence-corrected chi connectivity index (χ1v) is 7.87. The number of rotatable bonds is 4. The number of anilines is 1. The van der Waals surface area contributed by atoms with E-state index in [-0.39, 0.29) is 24.3 Å². The molecular weight excluding hydrogens is 321 g/mol. The molecule has 25 heavy (non-hydrogen) atoms. The van der Waals surface area contributed by atoms with Gasteiger partial charge in [0.05, 0.1) is 0 Å². The molecule has 0 aliphatic rings. The summed E-state index contributed by atoms with van der Waals surface area (Å²) in [7, 11) is 4.98. The number of hydrogen-bond acceptors (Lipinski definition) is 2. The van der Waals surface area contributed by atoms with Gasteiger partial charge in [-0.3, -0.25) is 4.79 Å². The minimum Gasteiger partial charge on any atom is -0.345 e. The lowest BCUT2D eigenvalue weighted by molar-refractivity contribution is 0.0827. The van der Waals surface area contributed by atoms with Crippen molar-refractivity contribution in [2.24, 2.45) is 0 Å². The highest BCUT2D eigenvalue weighted by Crippen LogP contribution is 2.18. The van der Waals surface area contributed by atoms with Gasteiger partial charge in [-0.15, -0.1) is 0 Å². The average Bonchev–Trinajstić information content (AvgIpc) is 2.56. The van der Waals surface area contributed by atoms with E-state index in [1.807, 2.05) is 6.92 Å². The van der Waals surface area contributed by atoms with Crippen LogP contribution in [0, 0.1) is 12.7 Å². The molecule has 0 heterocycles. The fraction of sp³-hybridized carbons (Fsp3) is 0.263. The molecule has 0 unspecified atom stereocenters. The second-order valence-electron chi connectivity index (χ2n) is 6.15. The summed E-state index contributed by atoms with van der Waals surface area (Å²) in [5, 5.41) is 2.80. The topological polar surface area (TPSA) is 52.7 Å². The third-order valence-electron chi connectivity index (χ3n) is 3.79. The molecule has 0 saturated heterocycles. The molecule has 5 nitrogen and oxygen atoms in total. The number of carbonyl (C=O) groups is 2. The SMILES string of the molecule is Cc1ccc(C(=O)N(C)C)cc1NC(=O)N(C)Cc1cccc(F)c1. The van der Waals surface area contributed by atoms with Gasteiger partial charge in [0.2, 0.25) is 0 Å². The van der Waals surface area contributed by atoms with Crippen LogP contribution >= 0.6 is 0 Å². The second-order valence-corrected chi connectivity index (χ2v) is 6.15. The van der Waals surface area contributed by atoms with Gasteiger partial charge in [0.25, 0.3) is 5.91 Å². The van der Waals surface area contributed by atoms with Crippen molar-refractivity contribution in [3.63, 3.8) is 0 Å². The molecule has 1 N–H and O–H groups in total. The van der Waals surface area contributed by atoms with E-state index in [0.717, 1.165) is 5.56 Å². The number of amides is 3. The number of nitrogens with zero attached hydrogens (tertiary/aromatic N) is 2. The minimum absolute atomic E-state index is 0.136. The molecule has 0 radical (unpaired) electrons. The molecule has 2 aromatic rings. The molecule has 0 fully saturated rings. The standard InChI is InChI=1S/C19H22FN3O2/c1-13-8-9-15(18(24)22(2)3)11-17(13)21-19(25)23(4)12-14-6-5-7-16(20)10-14/h5-11H,12H2,1-4H3,(H,21,25). The van der Waals surface area contributed by atoms with Crippen molar-refractivity contribution >= 4 is 17.6 Å². The van der Waals surface area contributed by atoms with Crippen LogP contribution in [0.25, 0.3) is 0 Å². The van der Waals surface area contributed by atoms with Crippen LogP contribution < -0.4 is 5.32 Å². The van der Waals surface area contributed by atoms with Crippen LogP contribution in [-0.2, 0) is 6.54 Å². The number of carbonyl (C=O) groups excluding carboxylic acids is 2. The molecule has 2 rings (SSSR count). The fourth-order valence-corrected chi connectivity index (χ4v) is 2.34. The number of aryl methyl sites for hydroxylation is 1. The maximum atomic E-state index is 13.2. The predicted octanol–water partition coefficient (Wildman–Crippen LogP) is 3.50. The van der Waals surface area contributed by atoms with Crippen molar-refractivity contribution in [1.82, 2.24) is 9.80 Å². The van der Waals surface area contributed by atoms with Crippen molar-refractivity contribution in [3.8, 4) is 0 Å². The Morgan fingerprint density at radius 2 is 1.80 bits per heavy atom. The fourth-order valence-electron chi connectivity index (χ4n) is 2.34. The molecule has 2 aromatic carbocycles. The molecule has 0 spiro atoms. The summed E-state index contributed by atoms with van der Waals surface area (Å²) < 4.78 is 13.2. The molecule has 0 bridgehead atoms. The van der Waals surface area contributed by atoms with Gasteiger partial charge in [0.15, 0.2) is 0 Å². The minimum atomic E-state index is -0.336. The lowest BCUT2D eigenvalue weighted by Crippen LogP contribution is -2.31. The Morgan fingerprint density at radius 1 is 1.08 bits per heavy atom. The third kappa shape index (κ3) is 4.79. The molecule has 0 aromatic heterocycles. The van der Waals surface area contributed by atoms with Crippen LogP contribution in [0.15, 0.2) is 42.5 Å². The van der Waals surface area contributed by atoms with Crippen LogP contribution in [0.2, 0.25) is 0 Å². The summed E-state index contributed by atoms with van der Waals surface area (Å²) >= 11 is 0. The Kier molecular flexibility index (Phi) is 5.75. The number of benzene rings is 2. The molecule has 0 aliphatic carbocycles. The molecule has 0 aliphatic heterocycles. The van der Waals surface area contributed by atoms with Crippen molar-refractivity contribution in [2.45, 2.75) is 13.5 Å². The highest BCUT2D eigenvalue weighted by molar-refractivity contribution is 5.97. The third-order valence-corrected chi connectivity index (χ3v) is 3.79. The van der Waals surface area contributed by atoms with E-state index in [2.05, 4.69) is 5.32 Å². The van der Waals surface area contributed by atoms with E-state index in [1.165, 1.54) is 21.9 Å². The Labute approximate surface area is 147 Å². The maximum absolute atomic E-state index is 13.2. The van der Waals surface area contributed by atoms with Crippen LogP contribution in [0.1, 0.15) is 21.5 Å². The molecule has 0 saturated carbocycles. The Bertz CT molecular complexity index is 790. The van der Waals surface area contributed by atoms with Gasteiger partial charge in [0.1, 0.15) is 5.82 Å². The predicted molar refractivity (Wildman–Crippen MR) is 96.1 cm³/mol. The highest BCUT2D eigenvalue weighted by Gasteiger charge is 2.14. The first-order chi connectivity index (χ1) is 11.8. The van der Waals surface area contributed by atoms with Crippen LogP contribution in [-0.4, -0.2) is 42.9 Å². The number of nitrogens with one attached hydrogen (secondary N) is 1. The largest absolute Gasteiger partial charge is 0.345 e. The smallest absolute Gasteiger partial charge is 0.321 e. The molecular formula is C19H22FN3O2. The normalized spacial score (nSPS) is 10.3. The zero-order valence-electron chi connectivity index (χ0n) is 14.8. The van der Waals surface area contributed by atoms with E-state index in [9.17, 15) is 14.0 Å². The van der Waals surface area contributed by atoms with Crippen molar-refractivity contribution in [3.05, 3.63) is 65.0 Å². The number of halogens is 1. The molecule has 6 heteroatoms. The number of hydrogen-bond donors (Lipinski definition) is 1. The first kappa shape index (κ1) is 18.4. The maximum Gasteiger partial charge on any atom is 0.321 e. The quantitative estimate of drug-likeness (QED) is 0.924. The summed E-state index contributed by atoms with van der Waals surface area (Å²) in [6, 6.07) is 11.0. The first-order valence-electron chi connectivity index (χ1n) is 7.87. The van der Waals surface area contributed by atoms with Crippen molar-refractivity contribution in [1.29, 1.82) is 0 Å². The van der Waals surface area contributed by atoms with Gasteiger partial charge in [-0.25, -0.2) is 9.18 Å².